The number of amides is 2. The van der Waals surface area contributed by atoms with Crippen molar-refractivity contribution < 1.29 is 9.59 Å². The molecular weight excluding hydrogens is 356 g/mol. The Hall–Kier alpha value is -1.96. The Morgan fingerprint density at radius 2 is 2.07 bits per heavy atom. The van der Waals surface area contributed by atoms with Crippen LogP contribution in [-0.4, -0.2) is 69.1 Å². The molecule has 1 aromatic heterocycles. The molecule has 2 heterocycles. The van der Waals surface area contributed by atoms with Gasteiger partial charge in [0.25, 0.3) is 0 Å². The summed E-state index contributed by atoms with van der Waals surface area (Å²) in [7, 11) is 1.77. The van der Waals surface area contributed by atoms with Crippen LogP contribution in [0.5, 0.6) is 0 Å². The van der Waals surface area contributed by atoms with E-state index in [1.165, 1.54) is 32.1 Å². The summed E-state index contributed by atoms with van der Waals surface area (Å²) >= 11 is 0. The molecule has 2 amide bonds. The summed E-state index contributed by atoms with van der Waals surface area (Å²) in [5.74, 6) is 1.36. The van der Waals surface area contributed by atoms with Crippen molar-refractivity contribution in [1.82, 2.24) is 29.9 Å². The summed E-state index contributed by atoms with van der Waals surface area (Å²) < 4.78 is 1.96. The third-order valence-corrected chi connectivity index (χ3v) is 6.04. The van der Waals surface area contributed by atoms with Crippen LogP contribution in [0.15, 0.2) is 6.33 Å². The van der Waals surface area contributed by atoms with E-state index in [9.17, 15) is 9.59 Å². The van der Waals surface area contributed by atoms with Crippen molar-refractivity contribution in [3.8, 4) is 0 Å². The first-order valence-electron chi connectivity index (χ1n) is 10.6. The van der Waals surface area contributed by atoms with Gasteiger partial charge >= 0.3 is 0 Å². The van der Waals surface area contributed by atoms with Gasteiger partial charge in [-0.3, -0.25) is 14.5 Å². The second-order valence-electron chi connectivity index (χ2n) is 8.51. The molecule has 156 valence electrons. The predicted octanol–water partition coefficient (Wildman–Crippen LogP) is 1.59. The molecule has 8 heteroatoms. The van der Waals surface area contributed by atoms with E-state index < -0.39 is 0 Å². The minimum absolute atomic E-state index is 0.0193. The van der Waals surface area contributed by atoms with Crippen molar-refractivity contribution in [3.63, 3.8) is 0 Å². The van der Waals surface area contributed by atoms with Crippen LogP contribution < -0.4 is 5.32 Å². The third kappa shape index (κ3) is 5.10. The van der Waals surface area contributed by atoms with Gasteiger partial charge in [-0.05, 0) is 32.6 Å². The molecule has 1 unspecified atom stereocenters. The molecule has 3 rings (SSSR count). The van der Waals surface area contributed by atoms with Crippen molar-refractivity contribution in [3.05, 3.63) is 12.2 Å². The molecule has 2 fully saturated rings. The van der Waals surface area contributed by atoms with Gasteiger partial charge in [0, 0.05) is 32.7 Å². The molecule has 0 aromatic carbocycles. The van der Waals surface area contributed by atoms with E-state index in [-0.39, 0.29) is 30.3 Å². The van der Waals surface area contributed by atoms with E-state index in [1.807, 2.05) is 4.57 Å². The van der Waals surface area contributed by atoms with Crippen molar-refractivity contribution in [2.45, 2.75) is 71.0 Å². The quantitative estimate of drug-likeness (QED) is 0.764. The number of nitrogens with zero attached hydrogens (tertiary/aromatic N) is 5. The fraction of sp³-hybridized carbons (Fsp3) is 0.800. The van der Waals surface area contributed by atoms with Crippen LogP contribution >= 0.6 is 0 Å². The van der Waals surface area contributed by atoms with Crippen LogP contribution in [0.4, 0.5) is 0 Å². The Bertz CT molecular complexity index is 667. The smallest absolute Gasteiger partial charge is 0.237 e. The maximum absolute atomic E-state index is 12.9. The molecule has 1 atom stereocenters. The normalized spacial score (nSPS) is 21.7. The Balaban J connectivity index is 1.60. The number of aromatic nitrogens is 3. The number of carbonyl (C=O) groups is 2. The van der Waals surface area contributed by atoms with E-state index in [1.54, 1.807) is 18.3 Å². The first-order chi connectivity index (χ1) is 13.5. The van der Waals surface area contributed by atoms with Crippen LogP contribution in [-0.2, 0) is 16.1 Å². The molecule has 1 aromatic rings. The number of carbonyl (C=O) groups excluding carboxylic acids is 2. The molecule has 1 saturated carbocycles. The second-order valence-corrected chi connectivity index (χ2v) is 8.51. The van der Waals surface area contributed by atoms with Crippen molar-refractivity contribution in [1.29, 1.82) is 0 Å². The lowest BCUT2D eigenvalue weighted by Gasteiger charge is -2.38. The van der Waals surface area contributed by atoms with Crippen LogP contribution in [0.25, 0.3) is 0 Å². The van der Waals surface area contributed by atoms with Gasteiger partial charge in [-0.1, -0.05) is 19.3 Å². The topological polar surface area (TPSA) is 83.4 Å². The Morgan fingerprint density at radius 3 is 2.79 bits per heavy atom. The summed E-state index contributed by atoms with van der Waals surface area (Å²) in [5.41, 5.74) is 0. The lowest BCUT2D eigenvalue weighted by Crippen LogP contribution is -2.57. The summed E-state index contributed by atoms with van der Waals surface area (Å²) in [4.78, 5) is 29.3. The van der Waals surface area contributed by atoms with Crippen LogP contribution in [0.2, 0.25) is 0 Å². The van der Waals surface area contributed by atoms with Crippen LogP contribution in [0, 0.1) is 5.92 Å². The average Bonchev–Trinajstić information content (AvgIpc) is 3.13. The first kappa shape index (κ1) is 20.8. The predicted molar refractivity (Wildman–Crippen MR) is 106 cm³/mol. The van der Waals surface area contributed by atoms with Crippen LogP contribution in [0.3, 0.4) is 0 Å². The fourth-order valence-corrected chi connectivity index (χ4v) is 4.34. The molecule has 8 nitrogen and oxygen atoms in total. The first-order valence-corrected chi connectivity index (χ1v) is 10.6. The van der Waals surface area contributed by atoms with E-state index >= 15 is 0 Å². The van der Waals surface area contributed by atoms with E-state index in [0.717, 1.165) is 18.9 Å². The molecule has 1 aliphatic carbocycles. The SMILES string of the molecule is CC(C)n1cnnc1CN(C)C(=O)CC1C(=O)NCCN1CC1CCCCC1. The molecule has 1 aliphatic heterocycles. The zero-order valence-corrected chi connectivity index (χ0v) is 17.4. The van der Waals surface area contributed by atoms with Gasteiger partial charge in [0.1, 0.15) is 6.33 Å². The van der Waals surface area contributed by atoms with Crippen molar-refractivity contribution in [2.75, 3.05) is 26.7 Å². The summed E-state index contributed by atoms with van der Waals surface area (Å²) in [5, 5.41) is 11.0. The van der Waals surface area contributed by atoms with Gasteiger partial charge in [0.05, 0.1) is 19.0 Å². The highest BCUT2D eigenvalue weighted by Gasteiger charge is 2.34. The van der Waals surface area contributed by atoms with Gasteiger partial charge in [-0.15, -0.1) is 10.2 Å². The Labute approximate surface area is 167 Å². The molecule has 0 spiro atoms. The number of rotatable bonds is 7. The lowest BCUT2D eigenvalue weighted by molar-refractivity contribution is -0.138. The maximum Gasteiger partial charge on any atom is 0.237 e. The van der Waals surface area contributed by atoms with E-state index in [2.05, 4.69) is 34.3 Å². The average molecular weight is 391 g/mol. The van der Waals surface area contributed by atoms with Gasteiger partial charge in [-0.2, -0.15) is 0 Å². The third-order valence-electron chi connectivity index (χ3n) is 6.04. The number of nitrogens with one attached hydrogen (secondary N) is 1. The minimum Gasteiger partial charge on any atom is -0.353 e. The maximum atomic E-state index is 12.9. The molecule has 28 heavy (non-hydrogen) atoms. The fourth-order valence-electron chi connectivity index (χ4n) is 4.34. The second kappa shape index (κ2) is 9.49. The van der Waals surface area contributed by atoms with Gasteiger partial charge in [0.2, 0.25) is 11.8 Å². The lowest BCUT2D eigenvalue weighted by atomic mass is 9.88. The van der Waals surface area contributed by atoms with E-state index in [0.29, 0.717) is 19.0 Å². The zero-order valence-electron chi connectivity index (χ0n) is 17.4. The minimum atomic E-state index is -0.367. The highest BCUT2D eigenvalue weighted by molar-refractivity contribution is 5.88. The van der Waals surface area contributed by atoms with Gasteiger partial charge in [-0.25, -0.2) is 0 Å². The van der Waals surface area contributed by atoms with Gasteiger partial charge in [0.15, 0.2) is 5.82 Å². The number of piperazine rings is 1. The molecule has 1 N–H and O–H groups in total. The van der Waals surface area contributed by atoms with Crippen molar-refractivity contribution in [2.24, 2.45) is 5.92 Å². The largest absolute Gasteiger partial charge is 0.353 e. The standard InChI is InChI=1S/C20H34N6O2/c1-15(2)26-14-22-23-18(26)13-24(3)19(27)11-17-20(28)21-9-10-25(17)12-16-7-5-4-6-8-16/h14-17H,4-13H2,1-3H3,(H,21,28). The molecule has 0 bridgehead atoms. The molecule has 2 aliphatic rings. The molecular formula is C20H34N6O2. The summed E-state index contributed by atoms with van der Waals surface area (Å²) in [6.45, 7) is 6.94. The highest BCUT2D eigenvalue weighted by Crippen LogP contribution is 2.26. The Kier molecular flexibility index (Phi) is 7.04. The summed E-state index contributed by atoms with van der Waals surface area (Å²) in [6, 6.07) is -0.128. The number of hydrogen-bond donors (Lipinski definition) is 1. The van der Waals surface area contributed by atoms with Gasteiger partial charge < -0.3 is 14.8 Å². The van der Waals surface area contributed by atoms with Crippen molar-refractivity contribution >= 4 is 11.8 Å². The number of hydrogen-bond acceptors (Lipinski definition) is 5. The zero-order chi connectivity index (χ0) is 20.1. The highest BCUT2D eigenvalue weighted by atomic mass is 16.2. The van der Waals surface area contributed by atoms with Crippen LogP contribution in [0.1, 0.15) is 64.2 Å². The molecule has 0 radical (unpaired) electrons. The Morgan fingerprint density at radius 1 is 1.32 bits per heavy atom. The monoisotopic (exact) mass is 390 g/mol. The molecule has 1 saturated heterocycles. The summed E-state index contributed by atoms with van der Waals surface area (Å²) in [6.07, 6.45) is 8.28. The van der Waals surface area contributed by atoms with E-state index in [4.69, 9.17) is 0 Å².